The van der Waals surface area contributed by atoms with E-state index < -0.39 is 0 Å². The second kappa shape index (κ2) is 7.13. The smallest absolute Gasteiger partial charge is 0.0110 e. The van der Waals surface area contributed by atoms with Gasteiger partial charge in [-0.05, 0) is 19.3 Å². The van der Waals surface area contributed by atoms with Crippen LogP contribution in [0.5, 0.6) is 0 Å². The van der Waals surface area contributed by atoms with Crippen molar-refractivity contribution in [2.24, 2.45) is 0 Å². The van der Waals surface area contributed by atoms with Crippen molar-refractivity contribution in [1.82, 2.24) is 0 Å². The summed E-state index contributed by atoms with van der Waals surface area (Å²) in [5.74, 6) is 0. The van der Waals surface area contributed by atoms with Crippen LogP contribution in [0.1, 0.15) is 32.6 Å². The fourth-order valence-corrected chi connectivity index (χ4v) is 1.94. The number of halogens is 2. The van der Waals surface area contributed by atoms with Gasteiger partial charge in [0, 0.05) is 7.85 Å². The average molecular weight is 365 g/mol. The third-order valence-electron chi connectivity index (χ3n) is 1.40. The summed E-state index contributed by atoms with van der Waals surface area (Å²) in [4.78, 5) is 0. The molecule has 0 heterocycles. The molecule has 0 rings (SSSR count). The topological polar surface area (TPSA) is 0 Å². The average Bonchev–Trinajstić information content (AvgIpc) is 1.85. The van der Waals surface area contributed by atoms with Crippen LogP contribution in [0.3, 0.4) is 0 Å². The zero-order chi connectivity index (χ0) is 7.98. The zero-order valence-electron chi connectivity index (χ0n) is 6.45. The van der Waals surface area contributed by atoms with Crippen molar-refractivity contribution in [1.29, 1.82) is 0 Å². The Balaban J connectivity index is 3.12. The van der Waals surface area contributed by atoms with Crippen molar-refractivity contribution in [2.45, 2.75) is 40.5 Å². The molecular weight excluding hydrogens is 350 g/mol. The Morgan fingerprint density at radius 1 is 1.20 bits per heavy atom. The molecule has 0 aliphatic rings. The highest BCUT2D eigenvalue weighted by Gasteiger charge is 2.03. The molecule has 61 valence electrons. The number of hydrogen-bond acceptors (Lipinski definition) is 0. The van der Waals surface area contributed by atoms with Crippen molar-refractivity contribution >= 4 is 45.2 Å². The molecule has 2 atom stereocenters. The van der Waals surface area contributed by atoms with Gasteiger partial charge in [-0.1, -0.05) is 65.5 Å². The molecule has 0 bridgehead atoms. The Bertz CT molecular complexity index is 71.7. The van der Waals surface area contributed by atoms with Crippen molar-refractivity contribution < 1.29 is 0 Å². The van der Waals surface area contributed by atoms with Crippen LogP contribution >= 0.6 is 45.2 Å². The minimum absolute atomic E-state index is 0.833. The molecule has 0 aromatic heterocycles. The standard InChI is InChI=1S/C8H15I2/c1-3-4-8(10)6-5-7(2)9/h7-8H,1,3-6H2,2H3. The van der Waals surface area contributed by atoms with E-state index in [9.17, 15) is 0 Å². The first-order valence-electron chi connectivity index (χ1n) is 3.74. The lowest BCUT2D eigenvalue weighted by Gasteiger charge is -2.08. The van der Waals surface area contributed by atoms with E-state index in [1.807, 2.05) is 0 Å². The quantitative estimate of drug-likeness (QED) is 0.510. The number of alkyl halides is 2. The van der Waals surface area contributed by atoms with Gasteiger partial charge in [-0.2, -0.15) is 0 Å². The van der Waals surface area contributed by atoms with E-state index in [4.69, 9.17) is 0 Å². The highest BCUT2D eigenvalue weighted by molar-refractivity contribution is 14.1. The zero-order valence-corrected chi connectivity index (χ0v) is 10.8. The Kier molecular flexibility index (Phi) is 8.17. The molecule has 0 nitrogen and oxygen atoms in total. The van der Waals surface area contributed by atoms with Crippen LogP contribution in [-0.2, 0) is 0 Å². The summed E-state index contributed by atoms with van der Waals surface area (Å²) in [5.41, 5.74) is 0. The van der Waals surface area contributed by atoms with Crippen molar-refractivity contribution in [2.75, 3.05) is 0 Å². The first kappa shape index (κ1) is 11.5. The fraction of sp³-hybridized carbons (Fsp3) is 0.875. The molecule has 2 heteroatoms. The van der Waals surface area contributed by atoms with Crippen molar-refractivity contribution in [3.05, 3.63) is 6.92 Å². The van der Waals surface area contributed by atoms with Gasteiger partial charge in [-0.3, -0.25) is 0 Å². The Labute approximate surface area is 91.8 Å². The first-order chi connectivity index (χ1) is 4.66. The maximum Gasteiger partial charge on any atom is 0.0110 e. The highest BCUT2D eigenvalue weighted by atomic mass is 127. The Morgan fingerprint density at radius 2 is 1.80 bits per heavy atom. The maximum absolute atomic E-state index is 3.85. The summed E-state index contributed by atoms with van der Waals surface area (Å²) in [6.45, 7) is 6.12. The van der Waals surface area contributed by atoms with E-state index in [0.29, 0.717) is 0 Å². The summed E-state index contributed by atoms with van der Waals surface area (Å²) in [5, 5.41) is 0. The molecule has 0 saturated heterocycles. The molecule has 10 heavy (non-hydrogen) atoms. The SMILES string of the molecule is [CH2]CCC(I)CCC(C)I. The van der Waals surface area contributed by atoms with Gasteiger partial charge in [0.1, 0.15) is 0 Å². The normalized spacial score (nSPS) is 16.8. The van der Waals surface area contributed by atoms with E-state index in [-0.39, 0.29) is 0 Å². The van der Waals surface area contributed by atoms with Crippen molar-refractivity contribution in [3.8, 4) is 0 Å². The highest BCUT2D eigenvalue weighted by Crippen LogP contribution is 2.18. The summed E-state index contributed by atoms with van der Waals surface area (Å²) < 4.78 is 1.69. The van der Waals surface area contributed by atoms with E-state index in [0.717, 1.165) is 14.3 Å². The molecule has 2 unspecified atom stereocenters. The van der Waals surface area contributed by atoms with E-state index in [1.54, 1.807) is 0 Å². The number of hydrogen-bond donors (Lipinski definition) is 0. The third kappa shape index (κ3) is 7.57. The second-order valence-electron chi connectivity index (χ2n) is 2.60. The van der Waals surface area contributed by atoms with Gasteiger partial charge < -0.3 is 0 Å². The monoisotopic (exact) mass is 365 g/mol. The van der Waals surface area contributed by atoms with E-state index in [1.165, 1.54) is 19.3 Å². The molecule has 0 aliphatic carbocycles. The molecule has 0 saturated carbocycles. The predicted octanol–water partition coefficient (Wildman–Crippen LogP) is 4.01. The van der Waals surface area contributed by atoms with Gasteiger partial charge in [0.15, 0.2) is 0 Å². The maximum atomic E-state index is 3.85. The van der Waals surface area contributed by atoms with Gasteiger partial charge in [0.05, 0.1) is 0 Å². The lowest BCUT2D eigenvalue weighted by Crippen LogP contribution is -2.00. The minimum atomic E-state index is 0.833. The summed E-state index contributed by atoms with van der Waals surface area (Å²) in [6.07, 6.45) is 5.08. The van der Waals surface area contributed by atoms with Gasteiger partial charge in [0.2, 0.25) is 0 Å². The van der Waals surface area contributed by atoms with Crippen LogP contribution in [0.2, 0.25) is 0 Å². The number of rotatable bonds is 5. The molecule has 0 fully saturated rings. The van der Waals surface area contributed by atoms with Crippen LogP contribution in [-0.4, -0.2) is 7.85 Å². The third-order valence-corrected chi connectivity index (χ3v) is 3.26. The van der Waals surface area contributed by atoms with Crippen LogP contribution in [0.4, 0.5) is 0 Å². The van der Waals surface area contributed by atoms with Crippen LogP contribution in [0, 0.1) is 6.92 Å². The summed E-state index contributed by atoms with van der Waals surface area (Å²) in [7, 11) is 0. The molecule has 1 radical (unpaired) electrons. The molecule has 0 aromatic rings. The lowest BCUT2D eigenvalue weighted by atomic mass is 10.1. The van der Waals surface area contributed by atoms with Gasteiger partial charge in [-0.25, -0.2) is 0 Å². The van der Waals surface area contributed by atoms with E-state index in [2.05, 4.69) is 59.0 Å². The Hall–Kier alpha value is 1.46. The molecule has 0 amide bonds. The molecule has 0 spiro atoms. The van der Waals surface area contributed by atoms with Crippen LogP contribution in [0.25, 0.3) is 0 Å². The minimum Gasteiger partial charge on any atom is -0.0829 e. The predicted molar refractivity (Wildman–Crippen MR) is 65.1 cm³/mol. The fourth-order valence-electron chi connectivity index (χ4n) is 0.776. The lowest BCUT2D eigenvalue weighted by molar-refractivity contribution is 0.684. The van der Waals surface area contributed by atoms with Gasteiger partial charge in [-0.15, -0.1) is 0 Å². The summed E-state index contributed by atoms with van der Waals surface area (Å²) in [6, 6.07) is 0. The van der Waals surface area contributed by atoms with E-state index >= 15 is 0 Å². The first-order valence-corrected chi connectivity index (χ1v) is 6.23. The molecule has 0 N–H and O–H groups in total. The molecule has 0 aliphatic heterocycles. The molecular formula is C8H15I2. The summed E-state index contributed by atoms with van der Waals surface area (Å²) >= 11 is 5.02. The van der Waals surface area contributed by atoms with Gasteiger partial charge in [0.25, 0.3) is 0 Å². The molecule has 0 aromatic carbocycles. The largest absolute Gasteiger partial charge is 0.0829 e. The Morgan fingerprint density at radius 3 is 2.20 bits per heavy atom. The van der Waals surface area contributed by atoms with Crippen LogP contribution < -0.4 is 0 Å². The van der Waals surface area contributed by atoms with Gasteiger partial charge >= 0.3 is 0 Å². The van der Waals surface area contributed by atoms with Crippen LogP contribution in [0.15, 0.2) is 0 Å². The second-order valence-corrected chi connectivity index (χ2v) is 6.49. The van der Waals surface area contributed by atoms with Crippen molar-refractivity contribution in [3.63, 3.8) is 0 Å².